The molecule has 2 N–H and O–H groups in total. The van der Waals surface area contributed by atoms with E-state index in [-0.39, 0.29) is 5.91 Å². The van der Waals surface area contributed by atoms with Crippen LogP contribution in [0.2, 0.25) is 0 Å². The lowest BCUT2D eigenvalue weighted by molar-refractivity contribution is 0.0952. The quantitative estimate of drug-likeness (QED) is 0.424. The summed E-state index contributed by atoms with van der Waals surface area (Å²) in [6, 6.07) is 3.87. The Bertz CT molecular complexity index is 571. The molecular weight excluding hydrogens is 376 g/mol. The van der Waals surface area contributed by atoms with Crippen LogP contribution >= 0.6 is 0 Å². The average molecular weight is 419 g/mol. The second-order valence-corrected chi connectivity index (χ2v) is 8.34. The summed E-state index contributed by atoms with van der Waals surface area (Å²) in [5.74, 6) is 0.948. The molecule has 1 aromatic rings. The molecule has 1 amide bonds. The zero-order valence-corrected chi connectivity index (χ0v) is 18.9. The van der Waals surface area contributed by atoms with Gasteiger partial charge in [-0.3, -0.25) is 4.79 Å². The van der Waals surface area contributed by atoms with Crippen LogP contribution in [0.1, 0.15) is 81.5 Å². The average Bonchev–Trinajstić information content (AvgIpc) is 2.80. The van der Waals surface area contributed by atoms with Crippen LogP contribution in [0.4, 0.5) is 5.82 Å². The molecule has 1 fully saturated rings. The fourth-order valence-electron chi connectivity index (χ4n) is 3.96. The van der Waals surface area contributed by atoms with E-state index in [0.29, 0.717) is 12.2 Å². The summed E-state index contributed by atoms with van der Waals surface area (Å²) in [6.07, 6.45) is 13.7. The molecular formula is C24H42N4O2. The van der Waals surface area contributed by atoms with Crippen molar-refractivity contribution in [1.29, 1.82) is 0 Å². The largest absolute Gasteiger partial charge is 0.396 e. The molecule has 30 heavy (non-hydrogen) atoms. The van der Waals surface area contributed by atoms with E-state index < -0.39 is 0 Å². The third kappa shape index (κ3) is 9.43. The molecule has 0 unspecified atom stereocenters. The van der Waals surface area contributed by atoms with Gasteiger partial charge < -0.3 is 20.2 Å². The summed E-state index contributed by atoms with van der Waals surface area (Å²) in [4.78, 5) is 21.6. The first-order chi connectivity index (χ1) is 14.7. The molecule has 0 aliphatic carbocycles. The van der Waals surface area contributed by atoms with Gasteiger partial charge in [0.05, 0.1) is 5.56 Å². The van der Waals surface area contributed by atoms with Crippen molar-refractivity contribution in [3.05, 3.63) is 23.9 Å². The molecule has 2 rings (SSSR count). The number of aliphatic hydroxyl groups is 1. The van der Waals surface area contributed by atoms with Crippen molar-refractivity contribution < 1.29 is 9.90 Å². The van der Waals surface area contributed by atoms with Gasteiger partial charge in [-0.15, -0.1) is 0 Å². The predicted octanol–water partition coefficient (Wildman–Crippen LogP) is 3.85. The highest BCUT2D eigenvalue weighted by molar-refractivity contribution is 5.94. The summed E-state index contributed by atoms with van der Waals surface area (Å²) in [5.41, 5.74) is 0.646. The minimum Gasteiger partial charge on any atom is -0.396 e. The predicted molar refractivity (Wildman–Crippen MR) is 124 cm³/mol. The van der Waals surface area contributed by atoms with Gasteiger partial charge in [0, 0.05) is 45.5 Å². The fourth-order valence-corrected chi connectivity index (χ4v) is 3.96. The molecule has 0 atom stereocenters. The Kier molecular flexibility index (Phi) is 12.5. The van der Waals surface area contributed by atoms with E-state index in [0.717, 1.165) is 64.3 Å². The van der Waals surface area contributed by atoms with Crippen molar-refractivity contribution in [3.63, 3.8) is 0 Å². The molecule has 1 aliphatic rings. The first kappa shape index (κ1) is 24.6. The van der Waals surface area contributed by atoms with Crippen LogP contribution < -0.4 is 10.2 Å². The fraction of sp³-hybridized carbons (Fsp3) is 0.750. The first-order valence-corrected chi connectivity index (χ1v) is 12.1. The highest BCUT2D eigenvalue weighted by Crippen LogP contribution is 2.14. The molecule has 0 aromatic carbocycles. The normalized spacial score (nSPS) is 14.8. The van der Waals surface area contributed by atoms with Crippen LogP contribution in [0.5, 0.6) is 0 Å². The van der Waals surface area contributed by atoms with Crippen molar-refractivity contribution in [2.24, 2.45) is 0 Å². The van der Waals surface area contributed by atoms with E-state index in [1.807, 2.05) is 12.1 Å². The van der Waals surface area contributed by atoms with Crippen LogP contribution in [0.15, 0.2) is 18.3 Å². The zero-order valence-electron chi connectivity index (χ0n) is 18.9. The number of pyridine rings is 1. The topological polar surface area (TPSA) is 68.7 Å². The Morgan fingerprint density at radius 1 is 0.933 bits per heavy atom. The van der Waals surface area contributed by atoms with Gasteiger partial charge in [-0.05, 0) is 31.5 Å². The Morgan fingerprint density at radius 2 is 1.53 bits per heavy atom. The number of likely N-dealkylation sites (N-methyl/N-ethyl adjacent to an activating group) is 1. The highest BCUT2D eigenvalue weighted by Gasteiger charge is 2.17. The van der Waals surface area contributed by atoms with Crippen molar-refractivity contribution in [1.82, 2.24) is 15.2 Å². The molecule has 2 heterocycles. The van der Waals surface area contributed by atoms with Gasteiger partial charge in [0.25, 0.3) is 5.91 Å². The molecule has 1 saturated heterocycles. The number of hydrogen-bond acceptors (Lipinski definition) is 5. The van der Waals surface area contributed by atoms with E-state index in [1.54, 1.807) is 6.20 Å². The lowest BCUT2D eigenvalue weighted by Crippen LogP contribution is -2.46. The third-order valence-corrected chi connectivity index (χ3v) is 6.02. The van der Waals surface area contributed by atoms with Crippen molar-refractivity contribution in [3.8, 4) is 0 Å². The number of carbonyl (C=O) groups excluding carboxylic acids is 1. The van der Waals surface area contributed by atoms with E-state index in [9.17, 15) is 4.79 Å². The maximum Gasteiger partial charge on any atom is 0.252 e. The summed E-state index contributed by atoms with van der Waals surface area (Å²) in [7, 11) is 0. The summed E-state index contributed by atoms with van der Waals surface area (Å²) < 4.78 is 0. The zero-order chi connectivity index (χ0) is 21.4. The van der Waals surface area contributed by atoms with Crippen molar-refractivity contribution >= 4 is 11.7 Å². The smallest absolute Gasteiger partial charge is 0.252 e. The number of nitrogens with one attached hydrogen (secondary N) is 1. The van der Waals surface area contributed by atoms with Gasteiger partial charge in [-0.1, -0.05) is 58.3 Å². The SMILES string of the molecule is CCN1CCN(c2ccc(C(=O)NCCCCCCCCCCCCO)cn2)CC1. The number of piperazine rings is 1. The minimum absolute atomic E-state index is 0.0206. The number of anilines is 1. The summed E-state index contributed by atoms with van der Waals surface area (Å²) in [6.45, 7) is 8.51. The second kappa shape index (κ2) is 15.2. The Morgan fingerprint density at radius 3 is 2.07 bits per heavy atom. The molecule has 6 nitrogen and oxygen atoms in total. The van der Waals surface area contributed by atoms with Crippen LogP contribution in [0.3, 0.4) is 0 Å². The lowest BCUT2D eigenvalue weighted by atomic mass is 10.1. The minimum atomic E-state index is -0.0206. The van der Waals surface area contributed by atoms with Crippen LogP contribution in [0.25, 0.3) is 0 Å². The van der Waals surface area contributed by atoms with Crippen LogP contribution in [0, 0.1) is 0 Å². The van der Waals surface area contributed by atoms with E-state index in [1.165, 1.54) is 44.9 Å². The van der Waals surface area contributed by atoms with Crippen LogP contribution in [-0.4, -0.2) is 66.8 Å². The highest BCUT2D eigenvalue weighted by atomic mass is 16.2. The molecule has 1 aromatic heterocycles. The number of unbranched alkanes of at least 4 members (excludes halogenated alkanes) is 9. The van der Waals surface area contributed by atoms with Gasteiger partial charge in [-0.2, -0.15) is 0 Å². The summed E-state index contributed by atoms with van der Waals surface area (Å²) >= 11 is 0. The molecule has 0 saturated carbocycles. The third-order valence-electron chi connectivity index (χ3n) is 6.02. The maximum atomic E-state index is 12.3. The second-order valence-electron chi connectivity index (χ2n) is 8.34. The standard InChI is InChI=1S/C24H42N4O2/c1-2-27-16-18-28(19-17-27)23-14-13-22(21-26-23)24(30)25-15-11-9-7-5-3-4-6-8-10-12-20-29/h13-14,21,29H,2-12,15-20H2,1H3,(H,25,30). The molecule has 0 spiro atoms. The molecule has 1 aliphatic heterocycles. The van der Waals surface area contributed by atoms with Gasteiger partial charge in [0.2, 0.25) is 0 Å². The van der Waals surface area contributed by atoms with E-state index in [4.69, 9.17) is 5.11 Å². The first-order valence-electron chi connectivity index (χ1n) is 12.1. The number of hydrogen-bond donors (Lipinski definition) is 2. The van der Waals surface area contributed by atoms with Gasteiger partial charge in [0.1, 0.15) is 5.82 Å². The Labute approximate surface area is 183 Å². The molecule has 0 bridgehead atoms. The summed E-state index contributed by atoms with van der Waals surface area (Å²) in [5, 5.41) is 11.8. The Hall–Kier alpha value is -1.66. The van der Waals surface area contributed by atoms with Gasteiger partial charge >= 0.3 is 0 Å². The number of aromatic nitrogens is 1. The van der Waals surface area contributed by atoms with E-state index >= 15 is 0 Å². The molecule has 6 heteroatoms. The molecule has 0 radical (unpaired) electrons. The van der Waals surface area contributed by atoms with Crippen molar-refractivity contribution in [2.75, 3.05) is 50.8 Å². The number of amides is 1. The van der Waals surface area contributed by atoms with Crippen LogP contribution in [-0.2, 0) is 0 Å². The lowest BCUT2D eigenvalue weighted by Gasteiger charge is -2.34. The van der Waals surface area contributed by atoms with E-state index in [2.05, 4.69) is 27.0 Å². The Balaban J connectivity index is 1.51. The number of carbonyl (C=O) groups is 1. The number of rotatable bonds is 15. The number of aliphatic hydroxyl groups excluding tert-OH is 1. The monoisotopic (exact) mass is 418 g/mol. The molecule has 170 valence electrons. The maximum absolute atomic E-state index is 12.3. The number of nitrogens with zero attached hydrogens (tertiary/aromatic N) is 3. The van der Waals surface area contributed by atoms with Gasteiger partial charge in [-0.25, -0.2) is 4.98 Å². The van der Waals surface area contributed by atoms with Gasteiger partial charge in [0.15, 0.2) is 0 Å². The van der Waals surface area contributed by atoms with Crippen molar-refractivity contribution in [2.45, 2.75) is 71.1 Å².